The second-order valence-corrected chi connectivity index (χ2v) is 4.60. The van der Waals surface area contributed by atoms with Gasteiger partial charge in [0.05, 0.1) is 11.0 Å². The molecule has 0 aliphatic rings. The number of aromatic amines is 1. The summed E-state index contributed by atoms with van der Waals surface area (Å²) in [5.41, 5.74) is 2.55. The van der Waals surface area contributed by atoms with E-state index in [2.05, 4.69) is 35.8 Å². The van der Waals surface area contributed by atoms with Gasteiger partial charge in [0, 0.05) is 5.56 Å². The Balaban J connectivity index is 0.000000427. The van der Waals surface area contributed by atoms with Crippen molar-refractivity contribution in [3.63, 3.8) is 0 Å². The number of imidazole rings is 1. The maximum atomic E-state index is 11.1. The molecule has 0 spiro atoms. The third-order valence-corrected chi connectivity index (χ3v) is 3.09. The van der Waals surface area contributed by atoms with Crippen LogP contribution in [0, 0.1) is 6.92 Å². The largest absolute Gasteiger partial charge is 0.342 e. The van der Waals surface area contributed by atoms with Gasteiger partial charge in [-0.25, -0.2) is 4.98 Å². The van der Waals surface area contributed by atoms with Crippen molar-refractivity contribution in [2.24, 2.45) is 0 Å². The van der Waals surface area contributed by atoms with Crippen molar-refractivity contribution in [3.05, 3.63) is 29.6 Å². The smallest absolute Gasteiger partial charge is 0.159 e. The van der Waals surface area contributed by atoms with Crippen LogP contribution in [0.25, 0.3) is 11.0 Å². The van der Waals surface area contributed by atoms with Crippen LogP contribution in [0.15, 0.2) is 18.2 Å². The standard InChI is InChI=1S/C10H10N2O.C5H13N.CH2O/c1-6(13)8-3-4-9-10(5-8)12-7(2)11-9;1-4-6(3)5-2;1-2/h3-5H,1-2H3,(H,11,12);4-5H2,1-3H3;1H2. The van der Waals surface area contributed by atoms with Gasteiger partial charge in [0.25, 0.3) is 0 Å². The lowest BCUT2D eigenvalue weighted by molar-refractivity contribution is -0.0980. The molecule has 0 saturated heterocycles. The molecule has 1 N–H and O–H groups in total. The minimum Gasteiger partial charge on any atom is -0.342 e. The number of ketones is 1. The number of fused-ring (bicyclic) bond motifs is 1. The molecule has 21 heavy (non-hydrogen) atoms. The summed E-state index contributed by atoms with van der Waals surface area (Å²) in [6, 6.07) is 5.48. The molecule has 5 nitrogen and oxygen atoms in total. The maximum absolute atomic E-state index is 11.1. The van der Waals surface area contributed by atoms with Gasteiger partial charge in [0.1, 0.15) is 12.6 Å². The average Bonchev–Trinajstić information content (AvgIpc) is 2.88. The zero-order valence-electron chi connectivity index (χ0n) is 13.6. The second-order valence-electron chi connectivity index (χ2n) is 4.60. The highest BCUT2D eigenvalue weighted by Crippen LogP contribution is 2.13. The highest BCUT2D eigenvalue weighted by molar-refractivity contribution is 5.97. The normalized spacial score (nSPS) is 9.62. The fourth-order valence-corrected chi connectivity index (χ4v) is 1.58. The molecular formula is C16H25N3O2. The van der Waals surface area contributed by atoms with Gasteiger partial charge in [0.15, 0.2) is 5.78 Å². The van der Waals surface area contributed by atoms with Crippen molar-refractivity contribution in [2.75, 3.05) is 20.1 Å². The SMILES string of the molecule is C=O.CC(=O)c1ccc2nc(C)[nH]c2c1.CCN(C)CC. The van der Waals surface area contributed by atoms with Gasteiger partial charge in [-0.05, 0) is 52.2 Å². The molecule has 1 aromatic heterocycles. The maximum Gasteiger partial charge on any atom is 0.159 e. The van der Waals surface area contributed by atoms with Crippen LogP contribution in [-0.4, -0.2) is 47.6 Å². The number of H-pyrrole nitrogens is 1. The van der Waals surface area contributed by atoms with E-state index in [4.69, 9.17) is 4.79 Å². The Bertz CT molecular complexity index is 560. The van der Waals surface area contributed by atoms with Crippen LogP contribution >= 0.6 is 0 Å². The first kappa shape index (κ1) is 19.0. The Labute approximate surface area is 126 Å². The minimum atomic E-state index is 0.0779. The Kier molecular flexibility index (Phi) is 8.88. The van der Waals surface area contributed by atoms with Crippen LogP contribution in [0.4, 0.5) is 0 Å². The number of rotatable bonds is 3. The van der Waals surface area contributed by atoms with Crippen LogP contribution in [0.2, 0.25) is 0 Å². The lowest BCUT2D eigenvalue weighted by Gasteiger charge is -2.07. The van der Waals surface area contributed by atoms with E-state index in [-0.39, 0.29) is 5.78 Å². The van der Waals surface area contributed by atoms with Crippen molar-refractivity contribution in [1.29, 1.82) is 0 Å². The minimum absolute atomic E-state index is 0.0779. The molecule has 0 unspecified atom stereocenters. The van der Waals surface area contributed by atoms with Gasteiger partial charge in [-0.2, -0.15) is 0 Å². The summed E-state index contributed by atoms with van der Waals surface area (Å²) in [5.74, 6) is 0.949. The topological polar surface area (TPSA) is 66.1 Å². The van der Waals surface area contributed by atoms with Crippen LogP contribution in [-0.2, 0) is 4.79 Å². The number of hydrogen-bond donors (Lipinski definition) is 1. The Hall–Kier alpha value is -2.01. The average molecular weight is 291 g/mol. The number of carbonyl (C=O) groups excluding carboxylic acids is 2. The summed E-state index contributed by atoms with van der Waals surface area (Å²) in [6.07, 6.45) is 0. The predicted molar refractivity (Wildman–Crippen MR) is 86.8 cm³/mol. The quantitative estimate of drug-likeness (QED) is 0.883. The second kappa shape index (κ2) is 9.83. The monoisotopic (exact) mass is 291 g/mol. The summed E-state index contributed by atoms with van der Waals surface area (Å²) in [7, 11) is 2.11. The number of nitrogens with one attached hydrogen (secondary N) is 1. The van der Waals surface area contributed by atoms with E-state index in [9.17, 15) is 4.79 Å². The van der Waals surface area contributed by atoms with Gasteiger partial charge in [-0.3, -0.25) is 4.79 Å². The molecule has 1 heterocycles. The number of hydrogen-bond acceptors (Lipinski definition) is 4. The molecule has 2 aromatic rings. The lowest BCUT2D eigenvalue weighted by Crippen LogP contribution is -2.15. The molecule has 0 bridgehead atoms. The van der Waals surface area contributed by atoms with Crippen LogP contribution < -0.4 is 0 Å². The molecule has 0 radical (unpaired) electrons. The number of benzene rings is 1. The fourth-order valence-electron chi connectivity index (χ4n) is 1.58. The number of aromatic nitrogens is 2. The van der Waals surface area contributed by atoms with E-state index in [0.717, 1.165) is 35.5 Å². The van der Waals surface area contributed by atoms with E-state index in [1.807, 2.05) is 25.8 Å². The first-order chi connectivity index (χ1) is 9.97. The molecule has 0 fully saturated rings. The molecular weight excluding hydrogens is 266 g/mol. The molecule has 0 atom stereocenters. The van der Waals surface area contributed by atoms with Gasteiger partial charge in [-0.1, -0.05) is 13.8 Å². The lowest BCUT2D eigenvalue weighted by atomic mass is 10.1. The zero-order valence-corrected chi connectivity index (χ0v) is 13.6. The Morgan fingerprint density at radius 3 is 2.29 bits per heavy atom. The first-order valence-corrected chi connectivity index (χ1v) is 6.92. The van der Waals surface area contributed by atoms with Crippen molar-refractivity contribution in [1.82, 2.24) is 14.9 Å². The summed E-state index contributed by atoms with van der Waals surface area (Å²) in [6.45, 7) is 12.1. The summed E-state index contributed by atoms with van der Waals surface area (Å²) < 4.78 is 0. The molecule has 116 valence electrons. The van der Waals surface area contributed by atoms with E-state index >= 15 is 0 Å². The van der Waals surface area contributed by atoms with Gasteiger partial charge < -0.3 is 14.7 Å². The first-order valence-electron chi connectivity index (χ1n) is 6.92. The summed E-state index contributed by atoms with van der Waals surface area (Å²) >= 11 is 0. The van der Waals surface area contributed by atoms with Crippen molar-refractivity contribution < 1.29 is 9.59 Å². The number of carbonyl (C=O) groups is 2. The molecule has 0 saturated carbocycles. The Morgan fingerprint density at radius 1 is 1.29 bits per heavy atom. The summed E-state index contributed by atoms with van der Waals surface area (Å²) in [5, 5.41) is 0. The van der Waals surface area contributed by atoms with E-state index in [1.165, 1.54) is 0 Å². The molecule has 1 aromatic carbocycles. The molecule has 0 amide bonds. The predicted octanol–water partition coefficient (Wildman–Crippen LogP) is 2.85. The number of aryl methyl sites for hydroxylation is 1. The van der Waals surface area contributed by atoms with Crippen LogP contribution in [0.3, 0.4) is 0 Å². The molecule has 0 aliphatic carbocycles. The van der Waals surface area contributed by atoms with E-state index in [1.54, 1.807) is 13.0 Å². The van der Waals surface area contributed by atoms with Crippen LogP contribution in [0.1, 0.15) is 37.0 Å². The highest BCUT2D eigenvalue weighted by Gasteiger charge is 2.03. The molecule has 2 rings (SSSR count). The van der Waals surface area contributed by atoms with E-state index < -0.39 is 0 Å². The van der Waals surface area contributed by atoms with Gasteiger partial charge >= 0.3 is 0 Å². The number of nitrogens with zero attached hydrogens (tertiary/aromatic N) is 2. The van der Waals surface area contributed by atoms with E-state index in [0.29, 0.717) is 0 Å². The van der Waals surface area contributed by atoms with Crippen LogP contribution in [0.5, 0.6) is 0 Å². The van der Waals surface area contributed by atoms with Crippen molar-refractivity contribution >= 4 is 23.6 Å². The fraction of sp³-hybridized carbons (Fsp3) is 0.438. The van der Waals surface area contributed by atoms with Gasteiger partial charge in [-0.15, -0.1) is 0 Å². The molecule has 0 aliphatic heterocycles. The Morgan fingerprint density at radius 2 is 1.86 bits per heavy atom. The third-order valence-electron chi connectivity index (χ3n) is 3.09. The number of Topliss-reactive ketones (excluding diaryl/α,β-unsaturated/α-hetero) is 1. The van der Waals surface area contributed by atoms with Gasteiger partial charge in [0.2, 0.25) is 0 Å². The molecule has 5 heteroatoms. The third kappa shape index (κ3) is 6.31. The highest BCUT2D eigenvalue weighted by atomic mass is 16.1. The zero-order chi connectivity index (χ0) is 16.4. The summed E-state index contributed by atoms with van der Waals surface area (Å²) in [4.78, 5) is 28.6. The van der Waals surface area contributed by atoms with Crippen molar-refractivity contribution in [2.45, 2.75) is 27.7 Å². The van der Waals surface area contributed by atoms with Crippen molar-refractivity contribution in [3.8, 4) is 0 Å².